The summed E-state index contributed by atoms with van der Waals surface area (Å²) in [6, 6.07) is 23.5. The molecule has 2 aliphatic rings. The molecule has 2 saturated heterocycles. The van der Waals surface area contributed by atoms with Gasteiger partial charge in [-0.15, -0.1) is 0 Å². The molecule has 3 aromatic rings. The average molecular weight is 626 g/mol. The van der Waals surface area contributed by atoms with Crippen molar-refractivity contribution >= 4 is 17.5 Å². The first-order chi connectivity index (χ1) is 21.5. The van der Waals surface area contributed by atoms with Crippen LogP contribution in [0.2, 0.25) is 0 Å². The Labute approximate surface area is 260 Å². The lowest BCUT2D eigenvalue weighted by Crippen LogP contribution is -2.48. The first kappa shape index (κ1) is 32.6. The maximum atomic E-state index is 13.1. The highest BCUT2D eigenvalue weighted by molar-refractivity contribution is 5.98. The van der Waals surface area contributed by atoms with Gasteiger partial charge in [0.05, 0.1) is 18.8 Å². The first-order valence-corrected chi connectivity index (χ1v) is 15.1. The molecule has 0 spiro atoms. The molecule has 11 heteroatoms. The summed E-state index contributed by atoms with van der Waals surface area (Å²) in [5.41, 5.74) is 3.89. The number of aliphatic hydroxyl groups is 1. The van der Waals surface area contributed by atoms with E-state index in [0.29, 0.717) is 35.5 Å². The number of ether oxygens (including phenoxy) is 2. The highest BCUT2D eigenvalue weighted by Gasteiger charge is 2.47. The van der Waals surface area contributed by atoms with E-state index in [2.05, 4.69) is 29.3 Å². The van der Waals surface area contributed by atoms with E-state index in [4.69, 9.17) is 9.47 Å². The smallest absolute Gasteiger partial charge is 0.392 e. The summed E-state index contributed by atoms with van der Waals surface area (Å²) in [6.45, 7) is 2.56. The van der Waals surface area contributed by atoms with Crippen molar-refractivity contribution in [1.82, 2.24) is 9.80 Å². The number of likely N-dealkylation sites (N-methyl/N-ethyl adjacent to an activating group) is 1. The van der Waals surface area contributed by atoms with Crippen LogP contribution in [0.25, 0.3) is 0 Å². The van der Waals surface area contributed by atoms with Gasteiger partial charge < -0.3 is 24.8 Å². The van der Waals surface area contributed by atoms with E-state index in [1.54, 1.807) is 24.3 Å². The van der Waals surface area contributed by atoms with Crippen molar-refractivity contribution in [2.75, 3.05) is 25.5 Å². The molecule has 0 bridgehead atoms. The normalized spacial score (nSPS) is 22.8. The molecular weight excluding hydrogens is 587 g/mol. The van der Waals surface area contributed by atoms with Crippen molar-refractivity contribution in [3.8, 4) is 0 Å². The van der Waals surface area contributed by atoms with Crippen LogP contribution >= 0.6 is 0 Å². The first-order valence-electron chi connectivity index (χ1n) is 15.1. The number of halogens is 3. The minimum Gasteiger partial charge on any atom is -0.392 e. The number of rotatable bonds is 9. The van der Waals surface area contributed by atoms with E-state index in [0.717, 1.165) is 11.1 Å². The van der Waals surface area contributed by atoms with Crippen molar-refractivity contribution < 1.29 is 37.3 Å². The standard InChI is InChI=1S/C34H38F3N3O5/c1-22(24-8-4-3-5-9-24)39(2)20-28-19-30(25-15-13-23(21-41)14-16-25)45-32(44-28)26-10-6-11-27(18-26)38-31(42)29-12-7-17-40(29)33(43)34(35,36)37/h3-6,8-11,13-16,18,22,28-30,32,41H,7,12,17,19-21H2,1-2H3,(H,38,42). The maximum Gasteiger partial charge on any atom is 0.471 e. The second-order valence-electron chi connectivity index (χ2n) is 11.6. The number of hydrogen-bond acceptors (Lipinski definition) is 6. The molecular formula is C34H38F3N3O5. The second-order valence-corrected chi connectivity index (χ2v) is 11.6. The third-order valence-corrected chi connectivity index (χ3v) is 8.53. The largest absolute Gasteiger partial charge is 0.471 e. The predicted octanol–water partition coefficient (Wildman–Crippen LogP) is 5.91. The summed E-state index contributed by atoms with van der Waals surface area (Å²) in [4.78, 5) is 27.7. The number of anilines is 1. The molecule has 0 aromatic heterocycles. The van der Waals surface area contributed by atoms with E-state index in [1.165, 1.54) is 5.56 Å². The van der Waals surface area contributed by atoms with Crippen molar-refractivity contribution in [2.24, 2.45) is 0 Å². The summed E-state index contributed by atoms with van der Waals surface area (Å²) in [7, 11) is 2.04. The molecule has 0 aliphatic carbocycles. The number of benzene rings is 3. The van der Waals surface area contributed by atoms with E-state index in [1.807, 2.05) is 49.5 Å². The molecule has 45 heavy (non-hydrogen) atoms. The summed E-state index contributed by atoms with van der Waals surface area (Å²) >= 11 is 0. The molecule has 240 valence electrons. The molecule has 2 aliphatic heterocycles. The summed E-state index contributed by atoms with van der Waals surface area (Å²) < 4.78 is 52.2. The van der Waals surface area contributed by atoms with Gasteiger partial charge in [-0.3, -0.25) is 14.5 Å². The maximum absolute atomic E-state index is 13.1. The number of amides is 2. The lowest BCUT2D eigenvalue weighted by atomic mass is 9.99. The monoisotopic (exact) mass is 625 g/mol. The highest BCUT2D eigenvalue weighted by Crippen LogP contribution is 2.39. The molecule has 2 fully saturated rings. The third-order valence-electron chi connectivity index (χ3n) is 8.53. The molecule has 5 atom stereocenters. The number of hydrogen-bond donors (Lipinski definition) is 2. The summed E-state index contributed by atoms with van der Waals surface area (Å²) in [5.74, 6) is -2.68. The van der Waals surface area contributed by atoms with Crippen molar-refractivity contribution in [1.29, 1.82) is 0 Å². The third kappa shape index (κ3) is 7.91. The van der Waals surface area contributed by atoms with Gasteiger partial charge in [0.1, 0.15) is 6.04 Å². The van der Waals surface area contributed by atoms with Crippen LogP contribution in [0.3, 0.4) is 0 Å². The average Bonchev–Trinajstić information content (AvgIpc) is 3.54. The number of aliphatic hydroxyl groups excluding tert-OH is 1. The fraction of sp³-hybridized carbons (Fsp3) is 0.412. The fourth-order valence-corrected chi connectivity index (χ4v) is 5.93. The van der Waals surface area contributed by atoms with E-state index >= 15 is 0 Å². The van der Waals surface area contributed by atoms with Crippen LogP contribution < -0.4 is 5.32 Å². The second kappa shape index (κ2) is 14.1. The van der Waals surface area contributed by atoms with E-state index < -0.39 is 30.3 Å². The van der Waals surface area contributed by atoms with Crippen LogP contribution in [0, 0.1) is 0 Å². The van der Waals surface area contributed by atoms with Crippen LogP contribution in [0.1, 0.15) is 66.9 Å². The van der Waals surface area contributed by atoms with Crippen molar-refractivity contribution in [2.45, 2.75) is 69.6 Å². The van der Waals surface area contributed by atoms with E-state index in [-0.39, 0.29) is 37.8 Å². The minimum absolute atomic E-state index is 0.0656. The Bertz CT molecular complexity index is 1450. The van der Waals surface area contributed by atoms with Crippen LogP contribution in [0.5, 0.6) is 0 Å². The van der Waals surface area contributed by atoms with Crippen molar-refractivity contribution in [3.63, 3.8) is 0 Å². The Balaban J connectivity index is 1.34. The molecule has 2 amide bonds. The highest BCUT2D eigenvalue weighted by atomic mass is 19.4. The van der Waals surface area contributed by atoms with Crippen LogP contribution in [-0.2, 0) is 25.7 Å². The molecule has 5 unspecified atom stereocenters. The van der Waals surface area contributed by atoms with Gasteiger partial charge in [0.25, 0.3) is 0 Å². The van der Waals surface area contributed by atoms with Crippen LogP contribution in [-0.4, -0.2) is 65.2 Å². The Morgan fingerprint density at radius 3 is 2.44 bits per heavy atom. The number of likely N-dealkylation sites (tertiary alicyclic amines) is 1. The molecule has 8 nitrogen and oxygen atoms in total. The van der Waals surface area contributed by atoms with Gasteiger partial charge in [-0.2, -0.15) is 13.2 Å². The molecule has 0 radical (unpaired) electrons. The van der Waals surface area contributed by atoms with Gasteiger partial charge in [-0.05, 0) is 55.6 Å². The fourth-order valence-electron chi connectivity index (χ4n) is 5.93. The van der Waals surface area contributed by atoms with Gasteiger partial charge in [-0.25, -0.2) is 0 Å². The number of nitrogens with one attached hydrogen (secondary N) is 1. The molecule has 3 aromatic carbocycles. The topological polar surface area (TPSA) is 91.3 Å². The Morgan fingerprint density at radius 1 is 1.02 bits per heavy atom. The van der Waals surface area contributed by atoms with Gasteiger partial charge in [0.2, 0.25) is 5.91 Å². The van der Waals surface area contributed by atoms with Gasteiger partial charge in [0, 0.05) is 36.8 Å². The lowest BCUT2D eigenvalue weighted by Gasteiger charge is -2.39. The Hall–Kier alpha value is -3.77. The lowest BCUT2D eigenvalue weighted by molar-refractivity contribution is -0.253. The molecule has 0 saturated carbocycles. The quantitative estimate of drug-likeness (QED) is 0.308. The number of alkyl halides is 3. The Morgan fingerprint density at radius 2 is 1.76 bits per heavy atom. The molecule has 2 N–H and O–H groups in total. The van der Waals surface area contributed by atoms with Crippen molar-refractivity contribution in [3.05, 3.63) is 101 Å². The summed E-state index contributed by atoms with van der Waals surface area (Å²) in [5, 5.41) is 12.2. The number of carbonyl (C=O) groups is 2. The zero-order valence-corrected chi connectivity index (χ0v) is 25.2. The molecule has 5 rings (SSSR count). The Kier molecular flexibility index (Phi) is 10.2. The molecule has 2 heterocycles. The van der Waals surface area contributed by atoms with Gasteiger partial charge >= 0.3 is 12.1 Å². The predicted molar refractivity (Wildman–Crippen MR) is 162 cm³/mol. The van der Waals surface area contributed by atoms with Crippen LogP contribution in [0.4, 0.5) is 18.9 Å². The number of nitrogens with zero attached hydrogens (tertiary/aromatic N) is 2. The minimum atomic E-state index is -5.04. The van der Waals surface area contributed by atoms with Gasteiger partial charge in [-0.1, -0.05) is 66.7 Å². The number of carbonyl (C=O) groups excluding carboxylic acids is 2. The summed E-state index contributed by atoms with van der Waals surface area (Å²) in [6.07, 6.45) is -5.34. The van der Waals surface area contributed by atoms with Gasteiger partial charge in [0.15, 0.2) is 6.29 Å². The van der Waals surface area contributed by atoms with Crippen LogP contribution in [0.15, 0.2) is 78.9 Å². The zero-order chi connectivity index (χ0) is 32.1. The SMILES string of the molecule is CC(c1ccccc1)N(C)CC1CC(c2ccc(CO)cc2)OC(c2cccc(NC(=O)C3CCCN3C(=O)C(F)(F)F)c2)O1. The zero-order valence-electron chi connectivity index (χ0n) is 25.2. The van der Waals surface area contributed by atoms with E-state index in [9.17, 15) is 27.9 Å².